The third kappa shape index (κ3) is 4.96. The van der Waals surface area contributed by atoms with Gasteiger partial charge < -0.3 is 19.5 Å². The second-order valence-electron chi connectivity index (χ2n) is 7.66. The van der Waals surface area contributed by atoms with Gasteiger partial charge in [-0.25, -0.2) is 0 Å². The van der Waals surface area contributed by atoms with E-state index in [-0.39, 0.29) is 18.4 Å². The minimum atomic E-state index is -0.153. The Morgan fingerprint density at radius 1 is 1.07 bits per heavy atom. The van der Waals surface area contributed by atoms with Crippen molar-refractivity contribution in [3.05, 3.63) is 60.3 Å². The van der Waals surface area contributed by atoms with Gasteiger partial charge in [0.2, 0.25) is 0 Å². The first kappa shape index (κ1) is 20.5. The fraction of sp³-hybridized carbons (Fsp3) is 0.304. The molecule has 3 rings (SSSR count). The fourth-order valence-electron chi connectivity index (χ4n) is 3.08. The number of carbonyl (C=O) groups is 2. The van der Waals surface area contributed by atoms with Gasteiger partial charge in [0.25, 0.3) is 11.8 Å². The predicted octanol–water partition coefficient (Wildman–Crippen LogP) is 4.02. The number of hydrogen-bond acceptors (Lipinski definition) is 3. The van der Waals surface area contributed by atoms with E-state index in [1.54, 1.807) is 38.4 Å². The normalized spacial score (nSPS) is 10.9. The van der Waals surface area contributed by atoms with Gasteiger partial charge in [0.05, 0.1) is 5.56 Å². The van der Waals surface area contributed by atoms with Crippen LogP contribution in [0.25, 0.3) is 10.9 Å². The van der Waals surface area contributed by atoms with Crippen LogP contribution < -0.4 is 10.1 Å². The molecule has 6 heteroatoms. The fourth-order valence-corrected chi connectivity index (χ4v) is 3.08. The number of fused-ring (bicyclic) bond motifs is 1. The highest BCUT2D eigenvalue weighted by atomic mass is 16.5. The Balaban J connectivity index is 1.73. The van der Waals surface area contributed by atoms with E-state index in [9.17, 15) is 9.59 Å². The van der Waals surface area contributed by atoms with Crippen molar-refractivity contribution in [2.45, 2.75) is 20.4 Å². The van der Waals surface area contributed by atoms with Crippen molar-refractivity contribution in [3.8, 4) is 5.75 Å². The molecule has 0 aliphatic heterocycles. The Kier molecular flexibility index (Phi) is 6.22. The molecule has 0 saturated heterocycles. The summed E-state index contributed by atoms with van der Waals surface area (Å²) in [6.45, 7) is 5.15. The SMILES string of the molecule is CC(C)Cn1cc(C(=O)Nc2ccc(OCC(=O)N(C)C)cc2)c2ccccc21. The van der Waals surface area contributed by atoms with Crippen LogP contribution in [-0.4, -0.2) is 42.0 Å². The first-order valence-electron chi connectivity index (χ1n) is 9.67. The van der Waals surface area contributed by atoms with Gasteiger partial charge in [0.15, 0.2) is 6.61 Å². The third-order valence-electron chi connectivity index (χ3n) is 4.57. The molecule has 0 aliphatic rings. The lowest BCUT2D eigenvalue weighted by molar-refractivity contribution is -0.130. The van der Waals surface area contributed by atoms with Crippen LogP contribution in [-0.2, 0) is 11.3 Å². The van der Waals surface area contributed by atoms with Gasteiger partial charge in [-0.15, -0.1) is 0 Å². The van der Waals surface area contributed by atoms with E-state index >= 15 is 0 Å². The summed E-state index contributed by atoms with van der Waals surface area (Å²) in [6.07, 6.45) is 1.92. The smallest absolute Gasteiger partial charge is 0.259 e. The molecular weight excluding hydrogens is 366 g/mol. The van der Waals surface area contributed by atoms with Crippen LogP contribution in [0.3, 0.4) is 0 Å². The second-order valence-corrected chi connectivity index (χ2v) is 7.66. The molecule has 152 valence electrons. The lowest BCUT2D eigenvalue weighted by atomic mass is 10.1. The molecule has 1 aromatic heterocycles. The Morgan fingerprint density at radius 2 is 1.76 bits per heavy atom. The number of hydrogen-bond donors (Lipinski definition) is 1. The van der Waals surface area contributed by atoms with E-state index in [2.05, 4.69) is 23.7 Å². The monoisotopic (exact) mass is 393 g/mol. The van der Waals surface area contributed by atoms with Crippen LogP contribution in [0.1, 0.15) is 24.2 Å². The van der Waals surface area contributed by atoms with Crippen LogP contribution in [0.2, 0.25) is 0 Å². The molecule has 2 amide bonds. The summed E-state index contributed by atoms with van der Waals surface area (Å²) in [5.41, 5.74) is 2.38. The number of likely N-dealkylation sites (N-methyl/N-ethyl adjacent to an activating group) is 1. The zero-order valence-electron chi connectivity index (χ0n) is 17.3. The van der Waals surface area contributed by atoms with Gasteiger partial charge in [-0.05, 0) is 36.2 Å². The molecule has 6 nitrogen and oxygen atoms in total. The summed E-state index contributed by atoms with van der Waals surface area (Å²) in [6, 6.07) is 14.9. The van der Waals surface area contributed by atoms with Gasteiger partial charge in [-0.1, -0.05) is 32.0 Å². The second kappa shape index (κ2) is 8.82. The zero-order chi connectivity index (χ0) is 21.0. The van der Waals surface area contributed by atoms with Crippen molar-refractivity contribution < 1.29 is 14.3 Å². The largest absolute Gasteiger partial charge is 0.484 e. The molecule has 0 fully saturated rings. The quantitative estimate of drug-likeness (QED) is 0.659. The summed E-state index contributed by atoms with van der Waals surface area (Å²) >= 11 is 0. The first-order chi connectivity index (χ1) is 13.8. The van der Waals surface area contributed by atoms with Gasteiger partial charge in [0.1, 0.15) is 5.75 Å². The summed E-state index contributed by atoms with van der Waals surface area (Å²) in [7, 11) is 3.37. The molecule has 0 bridgehead atoms. The number of carbonyl (C=O) groups excluding carboxylic acids is 2. The maximum absolute atomic E-state index is 12.9. The zero-order valence-corrected chi connectivity index (χ0v) is 17.3. The molecule has 1 heterocycles. The standard InChI is InChI=1S/C23H27N3O3/c1-16(2)13-26-14-20(19-7-5-6-8-21(19)26)23(28)24-17-9-11-18(12-10-17)29-15-22(27)25(3)4/h5-12,14,16H,13,15H2,1-4H3,(H,24,28). The van der Waals surface area contributed by atoms with Crippen molar-refractivity contribution in [1.29, 1.82) is 0 Å². The average molecular weight is 393 g/mol. The summed E-state index contributed by atoms with van der Waals surface area (Å²) in [5.74, 6) is 0.792. The molecule has 1 N–H and O–H groups in total. The van der Waals surface area contributed by atoms with Gasteiger partial charge in [0, 0.05) is 43.4 Å². The highest BCUT2D eigenvalue weighted by molar-refractivity contribution is 6.13. The van der Waals surface area contributed by atoms with Crippen LogP contribution in [0.15, 0.2) is 54.7 Å². The van der Waals surface area contributed by atoms with Crippen molar-refractivity contribution in [2.75, 3.05) is 26.0 Å². The number of amides is 2. The van der Waals surface area contributed by atoms with Crippen LogP contribution in [0.5, 0.6) is 5.75 Å². The van der Waals surface area contributed by atoms with E-state index in [4.69, 9.17) is 4.74 Å². The lowest BCUT2D eigenvalue weighted by Crippen LogP contribution is -2.27. The highest BCUT2D eigenvalue weighted by Gasteiger charge is 2.15. The maximum atomic E-state index is 12.9. The van der Waals surface area contributed by atoms with Crippen LogP contribution in [0.4, 0.5) is 5.69 Å². The Labute approximate surface area is 171 Å². The highest BCUT2D eigenvalue weighted by Crippen LogP contribution is 2.24. The van der Waals surface area contributed by atoms with Crippen molar-refractivity contribution in [2.24, 2.45) is 5.92 Å². The van der Waals surface area contributed by atoms with Crippen LogP contribution >= 0.6 is 0 Å². The number of nitrogens with zero attached hydrogens (tertiary/aromatic N) is 2. The van der Waals surface area contributed by atoms with E-state index < -0.39 is 0 Å². The summed E-state index contributed by atoms with van der Waals surface area (Å²) in [4.78, 5) is 26.0. The van der Waals surface area contributed by atoms with E-state index in [0.29, 0.717) is 22.9 Å². The molecule has 0 spiro atoms. The molecule has 3 aromatic rings. The number of anilines is 1. The molecule has 0 unspecified atom stereocenters. The van der Waals surface area contributed by atoms with Crippen molar-refractivity contribution in [1.82, 2.24) is 9.47 Å². The Morgan fingerprint density at radius 3 is 2.41 bits per heavy atom. The molecule has 2 aromatic carbocycles. The van der Waals surface area contributed by atoms with Gasteiger partial charge in [-0.3, -0.25) is 9.59 Å². The lowest BCUT2D eigenvalue weighted by Gasteiger charge is -2.11. The predicted molar refractivity (Wildman–Crippen MR) is 115 cm³/mol. The Bertz CT molecular complexity index is 1000. The van der Waals surface area contributed by atoms with E-state index in [1.165, 1.54) is 4.90 Å². The first-order valence-corrected chi connectivity index (χ1v) is 9.67. The number of rotatable bonds is 7. The third-order valence-corrected chi connectivity index (χ3v) is 4.57. The molecule has 0 saturated carbocycles. The topological polar surface area (TPSA) is 63.6 Å². The number of nitrogens with one attached hydrogen (secondary N) is 1. The maximum Gasteiger partial charge on any atom is 0.259 e. The minimum absolute atomic E-state index is 0.0198. The number of benzene rings is 2. The van der Waals surface area contributed by atoms with E-state index in [0.717, 1.165) is 17.4 Å². The van der Waals surface area contributed by atoms with Gasteiger partial charge in [-0.2, -0.15) is 0 Å². The molecule has 29 heavy (non-hydrogen) atoms. The van der Waals surface area contributed by atoms with Crippen LogP contribution in [0, 0.1) is 5.92 Å². The molecule has 0 atom stereocenters. The molecule has 0 radical (unpaired) electrons. The summed E-state index contributed by atoms with van der Waals surface area (Å²) in [5, 5.41) is 3.88. The van der Waals surface area contributed by atoms with Crippen molar-refractivity contribution >= 4 is 28.4 Å². The number of para-hydroxylation sites is 1. The van der Waals surface area contributed by atoms with E-state index in [1.807, 2.05) is 30.5 Å². The van der Waals surface area contributed by atoms with Gasteiger partial charge >= 0.3 is 0 Å². The Hall–Kier alpha value is -3.28. The molecule has 0 aliphatic carbocycles. The molecular formula is C23H27N3O3. The number of ether oxygens (including phenoxy) is 1. The average Bonchev–Trinajstić information content (AvgIpc) is 3.05. The minimum Gasteiger partial charge on any atom is -0.484 e. The van der Waals surface area contributed by atoms with Crippen molar-refractivity contribution in [3.63, 3.8) is 0 Å². The summed E-state index contributed by atoms with van der Waals surface area (Å²) < 4.78 is 7.60. The number of aromatic nitrogens is 1.